The maximum atomic E-state index is 12.6. The van der Waals surface area contributed by atoms with Crippen molar-refractivity contribution < 1.29 is 4.79 Å². The number of amides is 1. The second-order valence-electron chi connectivity index (χ2n) is 8.26. The van der Waals surface area contributed by atoms with Crippen LogP contribution in [0.2, 0.25) is 0 Å². The predicted octanol–water partition coefficient (Wildman–Crippen LogP) is 3.30. The Balaban J connectivity index is 1.41. The number of imidazole rings is 1. The molecule has 2 N–H and O–H groups in total. The van der Waals surface area contributed by atoms with Crippen LogP contribution in [0.1, 0.15) is 28.6 Å². The maximum Gasteiger partial charge on any atom is 0.241 e. The number of aromatic amines is 1. The van der Waals surface area contributed by atoms with Crippen LogP contribution < -0.4 is 5.32 Å². The Morgan fingerprint density at radius 2 is 1.71 bits per heavy atom. The van der Waals surface area contributed by atoms with Crippen LogP contribution in [0.4, 0.5) is 0 Å². The van der Waals surface area contributed by atoms with Gasteiger partial charge in [-0.15, -0.1) is 0 Å². The van der Waals surface area contributed by atoms with Gasteiger partial charge in [0.05, 0.1) is 5.69 Å². The van der Waals surface area contributed by atoms with Crippen LogP contribution in [0.15, 0.2) is 54.6 Å². The second kappa shape index (κ2) is 9.45. The molecular weight excluding hydrogens is 386 g/mol. The fourth-order valence-corrected chi connectivity index (χ4v) is 4.19. The summed E-state index contributed by atoms with van der Waals surface area (Å²) in [6, 6.07) is 18.2. The molecule has 1 saturated heterocycles. The lowest BCUT2D eigenvalue weighted by Crippen LogP contribution is -2.50. The minimum Gasteiger partial charge on any atom is -0.358 e. The van der Waals surface area contributed by atoms with Crippen LogP contribution in [0, 0.1) is 13.8 Å². The van der Waals surface area contributed by atoms with Crippen molar-refractivity contribution in [3.63, 3.8) is 0 Å². The fraction of sp³-hybridized carbons (Fsp3) is 0.360. The van der Waals surface area contributed by atoms with E-state index in [-0.39, 0.29) is 11.9 Å². The summed E-state index contributed by atoms with van der Waals surface area (Å²) in [7, 11) is 1.71. The third-order valence-corrected chi connectivity index (χ3v) is 6.07. The van der Waals surface area contributed by atoms with Gasteiger partial charge in [-0.2, -0.15) is 0 Å². The van der Waals surface area contributed by atoms with Gasteiger partial charge in [0.25, 0.3) is 0 Å². The Morgan fingerprint density at radius 3 is 2.35 bits per heavy atom. The molecule has 31 heavy (non-hydrogen) atoms. The average molecular weight is 418 g/mol. The zero-order chi connectivity index (χ0) is 21.8. The van der Waals surface area contributed by atoms with Crippen molar-refractivity contribution >= 4 is 5.91 Å². The van der Waals surface area contributed by atoms with Crippen molar-refractivity contribution in [1.82, 2.24) is 25.1 Å². The van der Waals surface area contributed by atoms with E-state index >= 15 is 0 Å². The number of carbonyl (C=O) groups is 1. The van der Waals surface area contributed by atoms with Crippen molar-refractivity contribution in [3.8, 4) is 11.4 Å². The Morgan fingerprint density at radius 1 is 1.03 bits per heavy atom. The van der Waals surface area contributed by atoms with Crippen LogP contribution in [0.3, 0.4) is 0 Å². The minimum absolute atomic E-state index is 0.0468. The summed E-state index contributed by atoms with van der Waals surface area (Å²) in [5, 5.41) is 2.83. The fourth-order valence-electron chi connectivity index (χ4n) is 4.19. The number of benzene rings is 2. The molecular formula is C25H31N5O. The quantitative estimate of drug-likeness (QED) is 0.646. The van der Waals surface area contributed by atoms with Crippen LogP contribution in [-0.2, 0) is 11.3 Å². The molecule has 0 radical (unpaired) electrons. The number of aryl methyl sites for hydroxylation is 2. The molecule has 0 saturated carbocycles. The van der Waals surface area contributed by atoms with Crippen molar-refractivity contribution in [3.05, 3.63) is 77.1 Å². The first kappa shape index (κ1) is 21.3. The molecule has 1 unspecified atom stereocenters. The zero-order valence-corrected chi connectivity index (χ0v) is 18.6. The molecule has 1 aromatic heterocycles. The van der Waals surface area contributed by atoms with Gasteiger partial charge in [0, 0.05) is 51.0 Å². The highest BCUT2D eigenvalue weighted by Gasteiger charge is 2.30. The smallest absolute Gasteiger partial charge is 0.241 e. The molecule has 1 aliphatic rings. The zero-order valence-electron chi connectivity index (χ0n) is 18.6. The molecule has 0 bridgehead atoms. The number of aromatic nitrogens is 2. The molecule has 3 aromatic rings. The Labute approximate surface area is 184 Å². The van der Waals surface area contributed by atoms with Gasteiger partial charge in [0.15, 0.2) is 0 Å². The number of nitrogens with zero attached hydrogens (tertiary/aromatic N) is 3. The van der Waals surface area contributed by atoms with E-state index in [0.29, 0.717) is 0 Å². The van der Waals surface area contributed by atoms with E-state index in [1.54, 1.807) is 7.05 Å². The SMILES string of the molecule is CNC(=O)C(c1ccccc1)N1CCN(Cc2nc(-c3ccc(C)cc3)[nH]c2C)CC1. The van der Waals surface area contributed by atoms with Gasteiger partial charge in [-0.25, -0.2) is 4.98 Å². The average Bonchev–Trinajstić information content (AvgIpc) is 3.16. The molecule has 0 aliphatic carbocycles. The van der Waals surface area contributed by atoms with Gasteiger partial charge in [-0.3, -0.25) is 14.6 Å². The van der Waals surface area contributed by atoms with E-state index in [2.05, 4.69) is 58.2 Å². The van der Waals surface area contributed by atoms with Crippen molar-refractivity contribution in [2.75, 3.05) is 33.2 Å². The molecule has 1 fully saturated rings. The van der Waals surface area contributed by atoms with Crippen molar-refractivity contribution in [1.29, 1.82) is 0 Å². The van der Waals surface area contributed by atoms with E-state index < -0.39 is 0 Å². The van der Waals surface area contributed by atoms with Gasteiger partial charge < -0.3 is 10.3 Å². The van der Waals surface area contributed by atoms with Crippen molar-refractivity contribution in [2.24, 2.45) is 0 Å². The first-order chi connectivity index (χ1) is 15.0. The first-order valence-corrected chi connectivity index (χ1v) is 10.9. The van der Waals surface area contributed by atoms with Gasteiger partial charge in [0.1, 0.15) is 11.9 Å². The van der Waals surface area contributed by atoms with Gasteiger partial charge >= 0.3 is 0 Å². The number of nitrogens with one attached hydrogen (secondary N) is 2. The lowest BCUT2D eigenvalue weighted by atomic mass is 10.0. The van der Waals surface area contributed by atoms with E-state index in [0.717, 1.165) is 61.1 Å². The lowest BCUT2D eigenvalue weighted by Gasteiger charge is -2.38. The number of hydrogen-bond acceptors (Lipinski definition) is 4. The van der Waals surface area contributed by atoms with Crippen LogP contribution >= 0.6 is 0 Å². The Hall–Kier alpha value is -2.96. The molecule has 4 rings (SSSR count). The van der Waals surface area contributed by atoms with E-state index in [4.69, 9.17) is 4.98 Å². The minimum atomic E-state index is -0.242. The Kier molecular flexibility index (Phi) is 6.49. The third kappa shape index (κ3) is 4.86. The number of H-pyrrole nitrogens is 1. The largest absolute Gasteiger partial charge is 0.358 e. The van der Waals surface area contributed by atoms with E-state index in [1.165, 1.54) is 5.56 Å². The van der Waals surface area contributed by atoms with Gasteiger partial charge in [-0.05, 0) is 19.4 Å². The van der Waals surface area contributed by atoms with E-state index in [9.17, 15) is 4.79 Å². The standard InChI is InChI=1S/C25H31N5O/c1-18-9-11-21(12-10-18)24-27-19(2)22(28-24)17-29-13-15-30(16-14-29)23(25(31)26-3)20-7-5-4-6-8-20/h4-12,23H,13-17H2,1-3H3,(H,26,31)(H,27,28). The summed E-state index contributed by atoms with van der Waals surface area (Å²) < 4.78 is 0. The van der Waals surface area contributed by atoms with Gasteiger partial charge in [0.2, 0.25) is 5.91 Å². The van der Waals surface area contributed by atoms with Crippen LogP contribution in [0.25, 0.3) is 11.4 Å². The second-order valence-corrected chi connectivity index (χ2v) is 8.26. The topological polar surface area (TPSA) is 64.3 Å². The molecule has 1 amide bonds. The number of carbonyl (C=O) groups excluding carboxylic acids is 1. The molecule has 6 nitrogen and oxygen atoms in total. The highest BCUT2D eigenvalue weighted by Crippen LogP contribution is 2.24. The molecule has 2 aromatic carbocycles. The monoisotopic (exact) mass is 417 g/mol. The molecule has 162 valence electrons. The summed E-state index contributed by atoms with van der Waals surface area (Å²) >= 11 is 0. The van der Waals surface area contributed by atoms with Crippen LogP contribution in [-0.4, -0.2) is 58.9 Å². The molecule has 0 spiro atoms. The van der Waals surface area contributed by atoms with Crippen molar-refractivity contribution in [2.45, 2.75) is 26.4 Å². The Bertz CT molecular complexity index is 1000. The number of piperazine rings is 1. The summed E-state index contributed by atoms with van der Waals surface area (Å²) in [6.07, 6.45) is 0. The number of hydrogen-bond donors (Lipinski definition) is 2. The van der Waals surface area contributed by atoms with Crippen LogP contribution in [0.5, 0.6) is 0 Å². The predicted molar refractivity (Wildman–Crippen MR) is 124 cm³/mol. The molecule has 2 heterocycles. The van der Waals surface area contributed by atoms with Gasteiger partial charge in [-0.1, -0.05) is 60.2 Å². The molecule has 1 atom stereocenters. The summed E-state index contributed by atoms with van der Waals surface area (Å²) in [4.78, 5) is 25.6. The normalized spacial score (nSPS) is 16.2. The maximum absolute atomic E-state index is 12.6. The summed E-state index contributed by atoms with van der Waals surface area (Å²) in [5.74, 6) is 0.973. The molecule has 1 aliphatic heterocycles. The number of likely N-dealkylation sites (N-methyl/N-ethyl adjacent to an activating group) is 1. The lowest BCUT2D eigenvalue weighted by molar-refractivity contribution is -0.127. The van der Waals surface area contributed by atoms with E-state index in [1.807, 2.05) is 30.3 Å². The summed E-state index contributed by atoms with van der Waals surface area (Å²) in [5.41, 5.74) is 5.61. The highest BCUT2D eigenvalue weighted by atomic mass is 16.2. The first-order valence-electron chi connectivity index (χ1n) is 10.9. The summed E-state index contributed by atoms with van der Waals surface area (Å²) in [6.45, 7) is 8.52. The number of rotatable bonds is 6. The molecule has 6 heteroatoms. The highest BCUT2D eigenvalue weighted by molar-refractivity contribution is 5.82. The third-order valence-electron chi connectivity index (χ3n) is 6.07.